The highest BCUT2D eigenvalue weighted by Crippen LogP contribution is 2.39. The van der Waals surface area contributed by atoms with Crippen LogP contribution in [0.3, 0.4) is 0 Å². The van der Waals surface area contributed by atoms with Gasteiger partial charge in [0.1, 0.15) is 0 Å². The Balaban J connectivity index is 3.31. The van der Waals surface area contributed by atoms with E-state index >= 15 is 0 Å². The molecule has 0 amide bonds. The molecule has 0 saturated heterocycles. The zero-order valence-corrected chi connectivity index (χ0v) is 11.3. The second-order valence-corrected chi connectivity index (χ2v) is 3.71. The van der Waals surface area contributed by atoms with Crippen molar-refractivity contribution in [3.63, 3.8) is 0 Å². The maximum Gasteiger partial charge on any atom is 0.203 e. The Labute approximate surface area is 104 Å². The predicted octanol–water partition coefficient (Wildman–Crippen LogP) is 3.12. The molecule has 88 valence electrons. The monoisotopic (exact) mass is 286 g/mol. The molecule has 0 aliphatic heterocycles. The van der Waals surface area contributed by atoms with Crippen LogP contribution in [0.1, 0.15) is 5.56 Å². The van der Waals surface area contributed by atoms with Gasteiger partial charge in [-0.25, -0.2) is 0 Å². The molecule has 1 aromatic carbocycles. The molecule has 0 aliphatic carbocycles. The average molecular weight is 287 g/mol. The second kappa shape index (κ2) is 5.80. The third-order valence-corrected chi connectivity index (χ3v) is 2.91. The first kappa shape index (κ1) is 12.9. The molecule has 1 aromatic rings. The average Bonchev–Trinajstić information content (AvgIpc) is 2.35. The minimum atomic E-state index is 0.594. The standard InChI is InChI=1S/C12H15BrO3/c1-8(7-13)9-5-10(14-2)12(16-4)11(6-9)15-3/h5-6H,1,7H2,2-4H3. The van der Waals surface area contributed by atoms with Crippen LogP contribution in [0.5, 0.6) is 17.2 Å². The van der Waals surface area contributed by atoms with E-state index in [1.165, 1.54) is 0 Å². The summed E-state index contributed by atoms with van der Waals surface area (Å²) in [5.74, 6) is 1.87. The van der Waals surface area contributed by atoms with Crippen molar-refractivity contribution in [1.82, 2.24) is 0 Å². The Kier molecular flexibility index (Phi) is 4.68. The van der Waals surface area contributed by atoms with Crippen LogP contribution in [0, 0.1) is 0 Å². The lowest BCUT2D eigenvalue weighted by molar-refractivity contribution is 0.324. The van der Waals surface area contributed by atoms with Crippen molar-refractivity contribution < 1.29 is 14.2 Å². The molecule has 0 saturated carbocycles. The number of hydrogen-bond acceptors (Lipinski definition) is 3. The van der Waals surface area contributed by atoms with Crippen LogP contribution in [0.15, 0.2) is 18.7 Å². The van der Waals surface area contributed by atoms with Crippen LogP contribution in [0.2, 0.25) is 0 Å². The molecule has 16 heavy (non-hydrogen) atoms. The maximum absolute atomic E-state index is 5.25. The van der Waals surface area contributed by atoms with Crippen molar-refractivity contribution in [2.45, 2.75) is 0 Å². The van der Waals surface area contributed by atoms with Gasteiger partial charge in [-0.2, -0.15) is 0 Å². The number of alkyl halides is 1. The van der Waals surface area contributed by atoms with Crippen molar-refractivity contribution >= 4 is 21.5 Å². The first-order valence-electron chi connectivity index (χ1n) is 4.72. The number of halogens is 1. The quantitative estimate of drug-likeness (QED) is 0.779. The van der Waals surface area contributed by atoms with Gasteiger partial charge in [0.25, 0.3) is 0 Å². The van der Waals surface area contributed by atoms with Gasteiger partial charge in [-0.05, 0) is 23.3 Å². The van der Waals surface area contributed by atoms with Crippen LogP contribution in [0.25, 0.3) is 5.57 Å². The number of rotatable bonds is 5. The number of methoxy groups -OCH3 is 3. The Hall–Kier alpha value is -1.16. The SMILES string of the molecule is C=C(CBr)c1cc(OC)c(OC)c(OC)c1. The van der Waals surface area contributed by atoms with Crippen LogP contribution >= 0.6 is 15.9 Å². The van der Waals surface area contributed by atoms with Gasteiger partial charge in [0, 0.05) is 5.33 Å². The first-order valence-corrected chi connectivity index (χ1v) is 5.84. The summed E-state index contributed by atoms with van der Waals surface area (Å²) in [7, 11) is 4.77. The van der Waals surface area contributed by atoms with Gasteiger partial charge < -0.3 is 14.2 Å². The van der Waals surface area contributed by atoms with Crippen LogP contribution in [-0.2, 0) is 0 Å². The highest BCUT2D eigenvalue weighted by Gasteiger charge is 2.13. The van der Waals surface area contributed by atoms with Gasteiger partial charge in [0.05, 0.1) is 21.3 Å². The van der Waals surface area contributed by atoms with Gasteiger partial charge >= 0.3 is 0 Å². The normalized spacial score (nSPS) is 9.75. The Morgan fingerprint density at radius 3 is 1.94 bits per heavy atom. The smallest absolute Gasteiger partial charge is 0.203 e. The number of ether oxygens (including phenoxy) is 3. The second-order valence-electron chi connectivity index (χ2n) is 3.15. The lowest BCUT2D eigenvalue weighted by Crippen LogP contribution is -1.97. The largest absolute Gasteiger partial charge is 0.493 e. The van der Waals surface area contributed by atoms with Crippen LogP contribution in [-0.4, -0.2) is 26.7 Å². The van der Waals surface area contributed by atoms with Crippen molar-refractivity contribution in [2.24, 2.45) is 0 Å². The lowest BCUT2D eigenvalue weighted by atomic mass is 10.1. The van der Waals surface area contributed by atoms with Gasteiger partial charge in [0.15, 0.2) is 11.5 Å². The molecule has 0 bridgehead atoms. The third-order valence-electron chi connectivity index (χ3n) is 2.23. The third kappa shape index (κ3) is 2.50. The maximum atomic E-state index is 5.25. The molecule has 0 radical (unpaired) electrons. The summed E-state index contributed by atoms with van der Waals surface area (Å²) in [5, 5.41) is 0.700. The molecule has 0 aliphatic rings. The summed E-state index contributed by atoms with van der Waals surface area (Å²) in [5.41, 5.74) is 1.92. The van der Waals surface area contributed by atoms with Gasteiger partial charge in [-0.3, -0.25) is 0 Å². The molecular formula is C12H15BrO3. The molecule has 1 rings (SSSR count). The number of hydrogen-bond donors (Lipinski definition) is 0. The molecule has 0 unspecified atom stereocenters. The van der Waals surface area contributed by atoms with E-state index in [2.05, 4.69) is 22.5 Å². The van der Waals surface area contributed by atoms with E-state index in [4.69, 9.17) is 14.2 Å². The van der Waals surface area contributed by atoms with Crippen molar-refractivity contribution in [3.05, 3.63) is 24.3 Å². The van der Waals surface area contributed by atoms with E-state index in [1.54, 1.807) is 21.3 Å². The Morgan fingerprint density at radius 2 is 1.62 bits per heavy atom. The van der Waals surface area contributed by atoms with Crippen molar-refractivity contribution in [3.8, 4) is 17.2 Å². The predicted molar refractivity (Wildman–Crippen MR) is 68.9 cm³/mol. The van der Waals surface area contributed by atoms with E-state index < -0.39 is 0 Å². The fraction of sp³-hybridized carbons (Fsp3) is 0.333. The molecule has 0 spiro atoms. The van der Waals surface area contributed by atoms with E-state index in [0.717, 1.165) is 11.1 Å². The summed E-state index contributed by atoms with van der Waals surface area (Å²) in [6, 6.07) is 3.76. The van der Waals surface area contributed by atoms with Gasteiger partial charge in [-0.15, -0.1) is 0 Å². The van der Waals surface area contributed by atoms with Crippen LogP contribution < -0.4 is 14.2 Å². The molecule has 0 atom stereocenters. The highest BCUT2D eigenvalue weighted by atomic mass is 79.9. The van der Waals surface area contributed by atoms with Gasteiger partial charge in [0.2, 0.25) is 5.75 Å². The zero-order valence-electron chi connectivity index (χ0n) is 9.67. The summed E-state index contributed by atoms with van der Waals surface area (Å²) in [4.78, 5) is 0. The van der Waals surface area contributed by atoms with E-state index in [9.17, 15) is 0 Å². The Bertz CT molecular complexity index is 363. The fourth-order valence-corrected chi connectivity index (χ4v) is 1.69. The highest BCUT2D eigenvalue weighted by molar-refractivity contribution is 9.09. The van der Waals surface area contributed by atoms with Crippen molar-refractivity contribution in [1.29, 1.82) is 0 Å². The lowest BCUT2D eigenvalue weighted by Gasteiger charge is -2.14. The molecule has 4 heteroatoms. The molecule has 0 aromatic heterocycles. The topological polar surface area (TPSA) is 27.7 Å². The Morgan fingerprint density at radius 1 is 1.12 bits per heavy atom. The summed E-state index contributed by atoms with van der Waals surface area (Å²) in [6.45, 7) is 3.95. The number of allylic oxidation sites excluding steroid dienone is 1. The molecule has 0 heterocycles. The van der Waals surface area contributed by atoms with E-state index in [0.29, 0.717) is 22.6 Å². The molecule has 0 fully saturated rings. The molecular weight excluding hydrogens is 272 g/mol. The summed E-state index contributed by atoms with van der Waals surface area (Å²) >= 11 is 3.37. The summed E-state index contributed by atoms with van der Waals surface area (Å²) < 4.78 is 15.7. The first-order chi connectivity index (χ1) is 7.67. The number of benzene rings is 1. The van der Waals surface area contributed by atoms with E-state index in [1.807, 2.05) is 12.1 Å². The fourth-order valence-electron chi connectivity index (χ4n) is 1.36. The minimum absolute atomic E-state index is 0.594. The van der Waals surface area contributed by atoms with Gasteiger partial charge in [-0.1, -0.05) is 22.5 Å². The minimum Gasteiger partial charge on any atom is -0.493 e. The van der Waals surface area contributed by atoms with Crippen LogP contribution in [0.4, 0.5) is 0 Å². The van der Waals surface area contributed by atoms with Crippen molar-refractivity contribution in [2.75, 3.05) is 26.7 Å². The molecule has 0 N–H and O–H groups in total. The molecule has 3 nitrogen and oxygen atoms in total. The van der Waals surface area contributed by atoms with E-state index in [-0.39, 0.29) is 0 Å². The zero-order chi connectivity index (χ0) is 12.1. The summed E-state index contributed by atoms with van der Waals surface area (Å²) in [6.07, 6.45) is 0.